The van der Waals surface area contributed by atoms with Gasteiger partial charge in [0.25, 0.3) is 11.1 Å². The van der Waals surface area contributed by atoms with Crippen molar-refractivity contribution in [2.24, 2.45) is 0 Å². The molecule has 2 N–H and O–H groups in total. The number of nitrogens with zero attached hydrogens (tertiary/aromatic N) is 5. The van der Waals surface area contributed by atoms with Crippen molar-refractivity contribution in [2.45, 2.75) is 18.9 Å². The minimum absolute atomic E-state index is 0.0680. The molecular formula is C22H17Cl2N7O3. The van der Waals surface area contributed by atoms with Crippen LogP contribution in [0.3, 0.4) is 0 Å². The Morgan fingerprint density at radius 2 is 1.74 bits per heavy atom. The molecule has 1 aromatic carbocycles. The van der Waals surface area contributed by atoms with Gasteiger partial charge in [0.15, 0.2) is 0 Å². The van der Waals surface area contributed by atoms with Crippen LogP contribution >= 0.6 is 23.2 Å². The van der Waals surface area contributed by atoms with Crippen molar-refractivity contribution in [2.75, 3.05) is 13.1 Å². The number of nitrogens with one attached hydrogen (secondary N) is 2. The van der Waals surface area contributed by atoms with E-state index in [4.69, 9.17) is 28.5 Å². The van der Waals surface area contributed by atoms with Gasteiger partial charge in [-0.3, -0.25) is 14.6 Å². The van der Waals surface area contributed by atoms with Gasteiger partial charge in [0.1, 0.15) is 6.07 Å². The lowest BCUT2D eigenvalue weighted by atomic mass is 10.1. The number of rotatable bonds is 3. The van der Waals surface area contributed by atoms with Gasteiger partial charge in [-0.1, -0.05) is 23.2 Å². The topological polar surface area (TPSA) is 130 Å². The van der Waals surface area contributed by atoms with E-state index in [2.05, 4.69) is 10.4 Å². The molecule has 10 nitrogen and oxygen atoms in total. The van der Waals surface area contributed by atoms with E-state index in [-0.39, 0.29) is 27.3 Å². The first kappa shape index (κ1) is 22.2. The third-order valence-corrected chi connectivity index (χ3v) is 6.46. The van der Waals surface area contributed by atoms with E-state index in [1.807, 2.05) is 15.6 Å². The fourth-order valence-corrected chi connectivity index (χ4v) is 5.00. The highest BCUT2D eigenvalue weighted by molar-refractivity contribution is 6.38. The Morgan fingerprint density at radius 1 is 1.03 bits per heavy atom. The second-order valence-electron chi connectivity index (χ2n) is 7.87. The van der Waals surface area contributed by atoms with Gasteiger partial charge in [0, 0.05) is 18.3 Å². The molecule has 0 unspecified atom stereocenters. The zero-order valence-electron chi connectivity index (χ0n) is 17.6. The van der Waals surface area contributed by atoms with Crippen molar-refractivity contribution in [3.05, 3.63) is 83.5 Å². The molecule has 0 radical (unpaired) electrons. The number of fused-ring (bicyclic) bond motifs is 1. The number of hydrogen-bond acceptors (Lipinski definition) is 6. The molecule has 0 aliphatic carbocycles. The van der Waals surface area contributed by atoms with Crippen molar-refractivity contribution in [1.82, 2.24) is 29.2 Å². The van der Waals surface area contributed by atoms with Crippen LogP contribution in [0.15, 0.2) is 50.9 Å². The van der Waals surface area contributed by atoms with Crippen molar-refractivity contribution in [3.8, 4) is 17.4 Å². The lowest BCUT2D eigenvalue weighted by Gasteiger charge is -2.25. The Bertz CT molecular complexity index is 1630. The van der Waals surface area contributed by atoms with E-state index >= 15 is 0 Å². The number of pyridine rings is 1. The predicted molar refractivity (Wildman–Crippen MR) is 127 cm³/mol. The summed E-state index contributed by atoms with van der Waals surface area (Å²) < 4.78 is 4.45. The highest BCUT2D eigenvalue weighted by atomic mass is 35.5. The third-order valence-electron chi connectivity index (χ3n) is 5.88. The second-order valence-corrected chi connectivity index (χ2v) is 8.68. The van der Waals surface area contributed by atoms with Crippen LogP contribution in [0.1, 0.15) is 24.6 Å². The van der Waals surface area contributed by atoms with Crippen molar-refractivity contribution >= 4 is 34.2 Å². The second kappa shape index (κ2) is 8.61. The van der Waals surface area contributed by atoms with Crippen LogP contribution in [0.4, 0.5) is 0 Å². The van der Waals surface area contributed by atoms with Crippen LogP contribution in [0, 0.1) is 11.3 Å². The molecule has 0 atom stereocenters. The van der Waals surface area contributed by atoms with E-state index < -0.39 is 16.9 Å². The smallest absolute Gasteiger partial charge is 0.317 e. The van der Waals surface area contributed by atoms with Gasteiger partial charge in [-0.15, -0.1) is 5.10 Å². The van der Waals surface area contributed by atoms with Crippen LogP contribution in [-0.4, -0.2) is 37.0 Å². The predicted octanol–water partition coefficient (Wildman–Crippen LogP) is 2.13. The van der Waals surface area contributed by atoms with Gasteiger partial charge in [-0.2, -0.15) is 9.94 Å². The summed E-state index contributed by atoms with van der Waals surface area (Å²) in [6, 6.07) is 9.77. The molecule has 12 heteroatoms. The van der Waals surface area contributed by atoms with Gasteiger partial charge in [0.2, 0.25) is 5.69 Å². The van der Waals surface area contributed by atoms with Crippen molar-refractivity contribution in [3.63, 3.8) is 0 Å². The molecular weight excluding hydrogens is 481 g/mol. The highest BCUT2D eigenvalue weighted by Gasteiger charge is 2.21. The molecule has 34 heavy (non-hydrogen) atoms. The number of piperidine rings is 1. The van der Waals surface area contributed by atoms with Crippen LogP contribution in [0.2, 0.25) is 10.0 Å². The van der Waals surface area contributed by atoms with E-state index in [9.17, 15) is 14.4 Å². The zero-order chi connectivity index (χ0) is 24.0. The van der Waals surface area contributed by atoms with Crippen LogP contribution in [0.25, 0.3) is 22.4 Å². The molecule has 0 bridgehead atoms. The van der Waals surface area contributed by atoms with Gasteiger partial charge in [-0.25, -0.2) is 4.79 Å². The first-order valence-corrected chi connectivity index (χ1v) is 11.2. The Morgan fingerprint density at radius 3 is 2.41 bits per heavy atom. The standard InChI is InChI=1S/C22H17Cl2N7O3/c23-14-9-13(31-22(34)27-21(33)16(11-25)28-31)10-15(24)20(14)29-8-5-18-17(29)1-2-19(32)30(18)12-3-6-26-7-4-12/h1-2,5,8-10,12,26H,3-4,6-7H2,(H,27,33,34). The number of nitriles is 1. The third kappa shape index (κ3) is 3.64. The SMILES string of the molecule is N#Cc1nn(-c2cc(Cl)c(-n3ccc4c3ccc(=O)n4C3CCNCC3)c(Cl)c2)c(=O)[nH]c1=O. The summed E-state index contributed by atoms with van der Waals surface area (Å²) in [5.41, 5.74) is -0.0918. The molecule has 172 valence electrons. The first-order chi connectivity index (χ1) is 16.4. The minimum atomic E-state index is -0.879. The lowest BCUT2D eigenvalue weighted by Crippen LogP contribution is -2.34. The number of halogens is 2. The summed E-state index contributed by atoms with van der Waals surface area (Å²) in [6.07, 6.45) is 3.49. The molecule has 0 spiro atoms. The van der Waals surface area contributed by atoms with E-state index in [1.165, 1.54) is 18.2 Å². The van der Waals surface area contributed by atoms with Gasteiger partial charge in [0.05, 0.1) is 32.5 Å². The monoisotopic (exact) mass is 497 g/mol. The normalized spacial score (nSPS) is 14.4. The largest absolute Gasteiger partial charge is 0.349 e. The quantitative estimate of drug-likeness (QED) is 0.445. The fourth-order valence-electron chi connectivity index (χ4n) is 4.34. The van der Waals surface area contributed by atoms with Crippen LogP contribution < -0.4 is 22.1 Å². The van der Waals surface area contributed by atoms with Crippen LogP contribution in [0.5, 0.6) is 0 Å². The first-order valence-electron chi connectivity index (χ1n) is 10.5. The highest BCUT2D eigenvalue weighted by Crippen LogP contribution is 2.34. The summed E-state index contributed by atoms with van der Waals surface area (Å²) in [5, 5.41) is 16.6. The average Bonchev–Trinajstić information content (AvgIpc) is 3.22. The summed E-state index contributed by atoms with van der Waals surface area (Å²) in [4.78, 5) is 38.7. The molecule has 5 rings (SSSR count). The molecule has 1 fully saturated rings. The number of H-pyrrole nitrogens is 1. The van der Waals surface area contributed by atoms with Gasteiger partial charge < -0.3 is 14.5 Å². The maximum Gasteiger partial charge on any atom is 0.349 e. The van der Waals surface area contributed by atoms with Crippen molar-refractivity contribution in [1.29, 1.82) is 5.26 Å². The summed E-state index contributed by atoms with van der Waals surface area (Å²) in [7, 11) is 0. The Hall–Kier alpha value is -3.65. The summed E-state index contributed by atoms with van der Waals surface area (Å²) >= 11 is 13.2. The average molecular weight is 498 g/mol. The van der Waals surface area contributed by atoms with Crippen LogP contribution in [-0.2, 0) is 0 Å². The Labute approximate surface area is 201 Å². The molecule has 1 aliphatic heterocycles. The molecule has 1 aliphatic rings. The van der Waals surface area contributed by atoms with Crippen molar-refractivity contribution < 1.29 is 0 Å². The molecule has 4 aromatic rings. The summed E-state index contributed by atoms with van der Waals surface area (Å²) in [6.45, 7) is 1.69. The number of benzene rings is 1. The Kier molecular flexibility index (Phi) is 5.61. The summed E-state index contributed by atoms with van der Waals surface area (Å²) in [5.74, 6) is 0. The van der Waals surface area contributed by atoms with E-state index in [0.29, 0.717) is 5.69 Å². The maximum atomic E-state index is 12.7. The minimum Gasteiger partial charge on any atom is -0.317 e. The lowest BCUT2D eigenvalue weighted by molar-refractivity contribution is 0.369. The molecule has 0 amide bonds. The van der Waals surface area contributed by atoms with E-state index in [1.54, 1.807) is 22.9 Å². The number of aromatic nitrogens is 5. The van der Waals surface area contributed by atoms with Gasteiger partial charge in [-0.05, 0) is 50.2 Å². The van der Waals surface area contributed by atoms with Gasteiger partial charge >= 0.3 is 5.69 Å². The molecule has 3 aromatic heterocycles. The fraction of sp³-hybridized carbons (Fsp3) is 0.227. The number of hydrogen-bond donors (Lipinski definition) is 2. The molecule has 4 heterocycles. The molecule has 0 saturated carbocycles. The maximum absolute atomic E-state index is 12.7. The number of aromatic amines is 1. The zero-order valence-corrected chi connectivity index (χ0v) is 19.1. The Balaban J connectivity index is 1.66. The van der Waals surface area contributed by atoms with E-state index in [0.717, 1.165) is 41.6 Å². The molecule has 1 saturated heterocycles.